The second-order valence-electron chi connectivity index (χ2n) is 7.97. The normalized spacial score (nSPS) is 19.3. The minimum absolute atomic E-state index is 0.0490. The Morgan fingerprint density at radius 1 is 1.26 bits per heavy atom. The molecule has 2 aromatic heterocycles. The number of carbonyl (C=O) groups excluding carboxylic acids is 1. The van der Waals surface area contributed by atoms with E-state index in [1.54, 1.807) is 29.7 Å². The summed E-state index contributed by atoms with van der Waals surface area (Å²) >= 11 is 1.64. The molecule has 2 aliphatic rings. The fourth-order valence-electron chi connectivity index (χ4n) is 4.11. The molecule has 1 saturated carbocycles. The van der Waals surface area contributed by atoms with Crippen LogP contribution < -0.4 is 10.1 Å². The summed E-state index contributed by atoms with van der Waals surface area (Å²) < 4.78 is 10.9. The van der Waals surface area contributed by atoms with Crippen molar-refractivity contribution < 1.29 is 13.9 Å². The van der Waals surface area contributed by atoms with Gasteiger partial charge in [0.25, 0.3) is 5.91 Å². The average molecular weight is 436 g/mol. The number of methoxy groups -OCH3 is 1. The van der Waals surface area contributed by atoms with Crippen molar-refractivity contribution in [2.24, 2.45) is 11.0 Å². The molecule has 6 nitrogen and oxygen atoms in total. The molecule has 5 rings (SSSR count). The van der Waals surface area contributed by atoms with Gasteiger partial charge in [0.05, 0.1) is 30.5 Å². The average Bonchev–Trinajstić information content (AvgIpc) is 3.23. The molecule has 0 spiro atoms. The summed E-state index contributed by atoms with van der Waals surface area (Å²) in [6.45, 7) is 0.228. The van der Waals surface area contributed by atoms with E-state index in [0.717, 1.165) is 22.1 Å². The third kappa shape index (κ3) is 4.29. The Bertz CT molecular complexity index is 1040. The van der Waals surface area contributed by atoms with Crippen LogP contribution in [-0.4, -0.2) is 30.3 Å². The molecular formula is C24H25N3O3S. The van der Waals surface area contributed by atoms with Crippen molar-refractivity contribution in [3.8, 4) is 5.75 Å². The molecule has 1 aliphatic carbocycles. The van der Waals surface area contributed by atoms with Crippen LogP contribution in [0, 0.1) is 5.92 Å². The predicted molar refractivity (Wildman–Crippen MR) is 120 cm³/mol. The zero-order chi connectivity index (χ0) is 21.2. The van der Waals surface area contributed by atoms with E-state index in [4.69, 9.17) is 14.3 Å². The SMILES string of the molecule is COc1ccc(C(NCC(=O)N2N=C(c3cccs3)CC2c2ccco2)C2CC2)cc1. The summed E-state index contributed by atoms with van der Waals surface area (Å²) in [6.07, 6.45) is 4.66. The van der Waals surface area contributed by atoms with Gasteiger partial charge in [-0.3, -0.25) is 4.79 Å². The highest BCUT2D eigenvalue weighted by molar-refractivity contribution is 7.12. The summed E-state index contributed by atoms with van der Waals surface area (Å²) in [5, 5.41) is 11.8. The molecule has 1 amide bonds. The number of nitrogens with zero attached hydrogens (tertiary/aromatic N) is 2. The Kier molecular flexibility index (Phi) is 5.61. The molecule has 1 aliphatic heterocycles. The Hall–Kier alpha value is -2.90. The van der Waals surface area contributed by atoms with E-state index < -0.39 is 0 Å². The van der Waals surface area contributed by atoms with Crippen LogP contribution in [0.25, 0.3) is 0 Å². The summed E-state index contributed by atoms with van der Waals surface area (Å²) in [5.41, 5.74) is 2.11. The maximum absolute atomic E-state index is 13.2. The monoisotopic (exact) mass is 435 g/mol. The quantitative estimate of drug-likeness (QED) is 0.554. The van der Waals surface area contributed by atoms with Crippen LogP contribution in [0.4, 0.5) is 0 Å². The number of furan rings is 1. The van der Waals surface area contributed by atoms with E-state index in [9.17, 15) is 4.79 Å². The van der Waals surface area contributed by atoms with Gasteiger partial charge in [-0.15, -0.1) is 11.3 Å². The third-order valence-electron chi connectivity index (χ3n) is 5.88. The number of hydrogen-bond donors (Lipinski definition) is 1. The Labute approximate surface area is 185 Å². The third-order valence-corrected chi connectivity index (χ3v) is 6.80. The second kappa shape index (κ2) is 8.69. The lowest BCUT2D eigenvalue weighted by Gasteiger charge is -2.23. The topological polar surface area (TPSA) is 67.1 Å². The number of carbonyl (C=O) groups is 1. The van der Waals surface area contributed by atoms with E-state index in [2.05, 4.69) is 17.4 Å². The first-order valence-corrected chi connectivity index (χ1v) is 11.4. The highest BCUT2D eigenvalue weighted by Gasteiger charge is 2.37. The number of rotatable bonds is 8. The van der Waals surface area contributed by atoms with Gasteiger partial charge < -0.3 is 14.5 Å². The smallest absolute Gasteiger partial charge is 0.257 e. The van der Waals surface area contributed by atoms with E-state index in [-0.39, 0.29) is 24.5 Å². The Morgan fingerprint density at radius 3 is 2.74 bits per heavy atom. The van der Waals surface area contributed by atoms with Crippen molar-refractivity contribution >= 4 is 23.0 Å². The van der Waals surface area contributed by atoms with Gasteiger partial charge in [0.15, 0.2) is 0 Å². The fraction of sp³-hybridized carbons (Fsp3) is 0.333. The summed E-state index contributed by atoms with van der Waals surface area (Å²) in [5.74, 6) is 2.11. The number of thiophene rings is 1. The predicted octanol–water partition coefficient (Wildman–Crippen LogP) is 4.77. The molecule has 0 radical (unpaired) electrons. The van der Waals surface area contributed by atoms with E-state index in [1.807, 2.05) is 41.8 Å². The molecule has 3 heterocycles. The molecule has 160 valence electrons. The second-order valence-corrected chi connectivity index (χ2v) is 8.91. The van der Waals surface area contributed by atoms with Crippen LogP contribution in [0.2, 0.25) is 0 Å². The maximum atomic E-state index is 13.2. The van der Waals surface area contributed by atoms with Gasteiger partial charge in [0, 0.05) is 12.5 Å². The molecule has 1 fully saturated rings. The van der Waals surface area contributed by atoms with Crippen LogP contribution in [0.15, 0.2) is 69.7 Å². The van der Waals surface area contributed by atoms with Gasteiger partial charge in [-0.1, -0.05) is 18.2 Å². The van der Waals surface area contributed by atoms with Crippen molar-refractivity contribution in [2.75, 3.05) is 13.7 Å². The summed E-state index contributed by atoms with van der Waals surface area (Å²) in [7, 11) is 1.67. The number of nitrogens with one attached hydrogen (secondary N) is 1. The maximum Gasteiger partial charge on any atom is 0.257 e. The van der Waals surface area contributed by atoms with E-state index in [0.29, 0.717) is 12.3 Å². The highest BCUT2D eigenvalue weighted by Crippen LogP contribution is 2.41. The number of benzene rings is 1. The molecule has 7 heteroatoms. The minimum Gasteiger partial charge on any atom is -0.497 e. The van der Waals surface area contributed by atoms with Gasteiger partial charge >= 0.3 is 0 Å². The van der Waals surface area contributed by atoms with Crippen LogP contribution in [0.3, 0.4) is 0 Å². The molecule has 2 unspecified atom stereocenters. The van der Waals surface area contributed by atoms with E-state index in [1.165, 1.54) is 18.4 Å². The van der Waals surface area contributed by atoms with Crippen molar-refractivity contribution in [1.82, 2.24) is 10.3 Å². The van der Waals surface area contributed by atoms with Crippen molar-refractivity contribution in [3.63, 3.8) is 0 Å². The fourth-order valence-corrected chi connectivity index (χ4v) is 4.83. The number of ether oxygens (including phenoxy) is 1. The first kappa shape index (κ1) is 20.0. The number of hydrogen-bond acceptors (Lipinski definition) is 6. The first-order valence-electron chi connectivity index (χ1n) is 10.6. The van der Waals surface area contributed by atoms with Crippen LogP contribution in [0.1, 0.15) is 47.5 Å². The molecule has 3 aromatic rings. The lowest BCUT2D eigenvalue weighted by atomic mass is 10.0. The molecule has 0 saturated heterocycles. The number of hydrazone groups is 1. The van der Waals surface area contributed by atoms with Crippen molar-refractivity contribution in [1.29, 1.82) is 0 Å². The van der Waals surface area contributed by atoms with Gasteiger partial charge in [-0.25, -0.2) is 5.01 Å². The lowest BCUT2D eigenvalue weighted by Crippen LogP contribution is -2.37. The summed E-state index contributed by atoms with van der Waals surface area (Å²) in [4.78, 5) is 14.3. The first-order chi connectivity index (χ1) is 15.2. The molecule has 1 aromatic carbocycles. The van der Waals surface area contributed by atoms with E-state index >= 15 is 0 Å². The Balaban J connectivity index is 1.32. The van der Waals surface area contributed by atoms with Crippen LogP contribution >= 0.6 is 11.3 Å². The largest absolute Gasteiger partial charge is 0.497 e. The molecule has 31 heavy (non-hydrogen) atoms. The van der Waals surface area contributed by atoms with Crippen LogP contribution in [-0.2, 0) is 4.79 Å². The lowest BCUT2D eigenvalue weighted by molar-refractivity contribution is -0.132. The van der Waals surface area contributed by atoms with Gasteiger partial charge in [0.2, 0.25) is 0 Å². The van der Waals surface area contributed by atoms with Crippen molar-refractivity contribution in [3.05, 3.63) is 76.4 Å². The van der Waals surface area contributed by atoms with Crippen molar-refractivity contribution in [2.45, 2.75) is 31.3 Å². The zero-order valence-electron chi connectivity index (χ0n) is 17.4. The Morgan fingerprint density at radius 2 is 2.10 bits per heavy atom. The highest BCUT2D eigenvalue weighted by atomic mass is 32.1. The molecule has 1 N–H and O–H groups in total. The van der Waals surface area contributed by atoms with Gasteiger partial charge in [-0.2, -0.15) is 5.10 Å². The number of amides is 1. The standard InChI is InChI=1S/C24H25N3O3S/c1-29-18-10-8-17(9-11-18)24(16-6-7-16)25-15-23(28)27-20(21-4-2-12-30-21)14-19(26-27)22-5-3-13-31-22/h2-5,8-13,16,20,24-25H,6-7,14-15H2,1H3. The minimum atomic E-state index is -0.207. The molecule has 0 bridgehead atoms. The zero-order valence-corrected chi connectivity index (χ0v) is 18.2. The molecular weight excluding hydrogens is 410 g/mol. The summed E-state index contributed by atoms with van der Waals surface area (Å²) in [6, 6.07) is 15.9. The van der Waals surface area contributed by atoms with Gasteiger partial charge in [-0.05, 0) is 60.0 Å². The van der Waals surface area contributed by atoms with Crippen LogP contribution in [0.5, 0.6) is 5.75 Å². The molecule has 2 atom stereocenters. The van der Waals surface area contributed by atoms with Gasteiger partial charge in [0.1, 0.15) is 17.6 Å².